The van der Waals surface area contributed by atoms with E-state index in [4.69, 9.17) is 11.6 Å². The molecule has 0 aromatic heterocycles. The van der Waals surface area contributed by atoms with Gasteiger partial charge < -0.3 is 0 Å². The summed E-state index contributed by atoms with van der Waals surface area (Å²) in [6.45, 7) is 7.82. The zero-order valence-electron chi connectivity index (χ0n) is 10.9. The van der Waals surface area contributed by atoms with Gasteiger partial charge in [0.2, 0.25) is 0 Å². The van der Waals surface area contributed by atoms with E-state index in [1.165, 1.54) is 5.56 Å². The molecule has 1 nitrogen and oxygen atoms in total. The molecule has 0 fully saturated rings. The zero-order valence-corrected chi connectivity index (χ0v) is 11.6. The van der Waals surface area contributed by atoms with Gasteiger partial charge in [0, 0.05) is 5.02 Å². The summed E-state index contributed by atoms with van der Waals surface area (Å²) < 4.78 is 0. The van der Waals surface area contributed by atoms with E-state index in [1.807, 2.05) is 19.1 Å². The van der Waals surface area contributed by atoms with Gasteiger partial charge in [0.1, 0.15) is 0 Å². The Morgan fingerprint density at radius 3 is 2.47 bits per heavy atom. The van der Waals surface area contributed by atoms with Crippen molar-refractivity contribution in [3.63, 3.8) is 0 Å². The van der Waals surface area contributed by atoms with Crippen molar-refractivity contribution in [1.29, 1.82) is 0 Å². The molecule has 0 N–H and O–H groups in total. The Morgan fingerprint density at radius 1 is 1.35 bits per heavy atom. The highest BCUT2D eigenvalue weighted by atomic mass is 35.5. The van der Waals surface area contributed by atoms with Gasteiger partial charge >= 0.3 is 0 Å². The van der Waals surface area contributed by atoms with Crippen molar-refractivity contribution in [3.05, 3.63) is 40.4 Å². The third-order valence-corrected chi connectivity index (χ3v) is 2.91. The standard InChI is InChI=1S/C15H19ClO/c1-10(2)7-14-6-5-13(9-15(14)16)11(3)8-12(4)17/h5-6,8-10H,7H2,1-4H3/b11-8-. The van der Waals surface area contributed by atoms with E-state index in [2.05, 4.69) is 19.9 Å². The van der Waals surface area contributed by atoms with Gasteiger partial charge in [-0.3, -0.25) is 4.79 Å². The van der Waals surface area contributed by atoms with Crippen LogP contribution in [0.2, 0.25) is 5.02 Å². The van der Waals surface area contributed by atoms with E-state index in [0.29, 0.717) is 5.92 Å². The van der Waals surface area contributed by atoms with Crippen LogP contribution in [0.5, 0.6) is 0 Å². The number of allylic oxidation sites excluding steroid dienone is 2. The molecule has 92 valence electrons. The molecule has 0 atom stereocenters. The summed E-state index contributed by atoms with van der Waals surface area (Å²) in [4.78, 5) is 11.0. The van der Waals surface area contributed by atoms with Crippen LogP contribution in [0.15, 0.2) is 24.3 Å². The fourth-order valence-corrected chi connectivity index (χ4v) is 2.04. The highest BCUT2D eigenvalue weighted by Gasteiger charge is 2.05. The highest BCUT2D eigenvalue weighted by Crippen LogP contribution is 2.24. The van der Waals surface area contributed by atoms with Crippen LogP contribution in [0, 0.1) is 5.92 Å². The van der Waals surface area contributed by atoms with Crippen molar-refractivity contribution in [2.24, 2.45) is 5.92 Å². The monoisotopic (exact) mass is 250 g/mol. The molecule has 0 aliphatic rings. The van der Waals surface area contributed by atoms with E-state index < -0.39 is 0 Å². The SMILES string of the molecule is CC(=O)/C=C(/C)c1ccc(CC(C)C)c(Cl)c1. The molecule has 0 aliphatic carbocycles. The Kier molecular flexibility index (Phi) is 4.95. The topological polar surface area (TPSA) is 17.1 Å². The van der Waals surface area contributed by atoms with Crippen LogP contribution in [0.25, 0.3) is 5.57 Å². The molecule has 0 amide bonds. The van der Waals surface area contributed by atoms with Crippen LogP contribution in [-0.2, 0) is 11.2 Å². The van der Waals surface area contributed by atoms with Crippen molar-refractivity contribution in [1.82, 2.24) is 0 Å². The average Bonchev–Trinajstić information content (AvgIpc) is 2.19. The normalized spacial score (nSPS) is 12.0. The maximum atomic E-state index is 11.0. The van der Waals surface area contributed by atoms with Crippen LogP contribution < -0.4 is 0 Å². The first kappa shape index (κ1) is 14.0. The molecule has 2 heteroatoms. The van der Waals surface area contributed by atoms with Gasteiger partial charge in [-0.25, -0.2) is 0 Å². The molecule has 0 radical (unpaired) electrons. The van der Waals surface area contributed by atoms with E-state index >= 15 is 0 Å². The molecule has 0 heterocycles. The molecule has 0 saturated heterocycles. The number of rotatable bonds is 4. The second-order valence-corrected chi connectivity index (χ2v) is 5.25. The second-order valence-electron chi connectivity index (χ2n) is 4.84. The number of benzene rings is 1. The van der Waals surface area contributed by atoms with Gasteiger partial charge in [0.25, 0.3) is 0 Å². The van der Waals surface area contributed by atoms with E-state index in [0.717, 1.165) is 22.6 Å². The smallest absolute Gasteiger partial charge is 0.152 e. The predicted molar refractivity (Wildman–Crippen MR) is 74.3 cm³/mol. The van der Waals surface area contributed by atoms with Gasteiger partial charge in [-0.2, -0.15) is 0 Å². The summed E-state index contributed by atoms with van der Waals surface area (Å²) in [6.07, 6.45) is 2.61. The van der Waals surface area contributed by atoms with E-state index in [9.17, 15) is 4.79 Å². The Balaban J connectivity index is 3.00. The lowest BCUT2D eigenvalue weighted by Crippen LogP contribution is -1.96. The molecule has 1 rings (SSSR count). The second kappa shape index (κ2) is 6.02. The summed E-state index contributed by atoms with van der Waals surface area (Å²) in [5.41, 5.74) is 3.13. The van der Waals surface area contributed by atoms with Crippen LogP contribution in [0.3, 0.4) is 0 Å². The predicted octanol–water partition coefficient (Wildman–Crippen LogP) is 4.53. The molecule has 0 bridgehead atoms. The number of halogens is 1. The Bertz CT molecular complexity index is 444. The van der Waals surface area contributed by atoms with Crippen molar-refractivity contribution >= 4 is 23.0 Å². The number of carbonyl (C=O) groups excluding carboxylic acids is 1. The molecule has 0 unspecified atom stereocenters. The van der Waals surface area contributed by atoms with Crippen molar-refractivity contribution in [2.75, 3.05) is 0 Å². The molecule has 1 aromatic carbocycles. The highest BCUT2D eigenvalue weighted by molar-refractivity contribution is 6.31. The minimum atomic E-state index is 0.0601. The molecular formula is C15H19ClO. The third kappa shape index (κ3) is 4.35. The largest absolute Gasteiger partial charge is 0.295 e. The average molecular weight is 251 g/mol. The lowest BCUT2D eigenvalue weighted by atomic mass is 9.99. The van der Waals surface area contributed by atoms with Gasteiger partial charge in [0.15, 0.2) is 5.78 Å². The zero-order chi connectivity index (χ0) is 13.0. The first-order valence-electron chi connectivity index (χ1n) is 5.87. The first-order chi connectivity index (χ1) is 7.90. The molecule has 17 heavy (non-hydrogen) atoms. The number of ketones is 1. The third-order valence-electron chi connectivity index (χ3n) is 2.56. The maximum Gasteiger partial charge on any atom is 0.152 e. The minimum Gasteiger partial charge on any atom is -0.295 e. The van der Waals surface area contributed by atoms with Crippen molar-refractivity contribution < 1.29 is 4.79 Å². The Hall–Kier alpha value is -1.08. The van der Waals surface area contributed by atoms with Crippen LogP contribution in [-0.4, -0.2) is 5.78 Å². The molecule has 0 spiro atoms. The molecule has 0 saturated carbocycles. The van der Waals surface area contributed by atoms with E-state index in [-0.39, 0.29) is 5.78 Å². The maximum absolute atomic E-state index is 11.0. The van der Waals surface area contributed by atoms with Crippen molar-refractivity contribution in [2.45, 2.75) is 34.1 Å². The fraction of sp³-hybridized carbons (Fsp3) is 0.400. The van der Waals surface area contributed by atoms with Crippen LogP contribution in [0.1, 0.15) is 38.8 Å². The summed E-state index contributed by atoms with van der Waals surface area (Å²) in [5.74, 6) is 0.650. The quantitative estimate of drug-likeness (QED) is 0.718. The lowest BCUT2D eigenvalue weighted by Gasteiger charge is -2.09. The van der Waals surface area contributed by atoms with Gasteiger partial charge in [-0.15, -0.1) is 0 Å². The Morgan fingerprint density at radius 2 is 2.00 bits per heavy atom. The first-order valence-corrected chi connectivity index (χ1v) is 6.25. The molecule has 0 aliphatic heterocycles. The summed E-state index contributed by atoms with van der Waals surface area (Å²) in [7, 11) is 0. The van der Waals surface area contributed by atoms with Crippen LogP contribution in [0.4, 0.5) is 0 Å². The Labute approximate surface area is 108 Å². The minimum absolute atomic E-state index is 0.0601. The lowest BCUT2D eigenvalue weighted by molar-refractivity contribution is -0.112. The molecule has 1 aromatic rings. The number of hydrogen-bond acceptors (Lipinski definition) is 1. The molecular weight excluding hydrogens is 232 g/mol. The van der Waals surface area contributed by atoms with Gasteiger partial charge in [0.05, 0.1) is 0 Å². The summed E-state index contributed by atoms with van der Waals surface area (Å²) in [6, 6.07) is 6.02. The van der Waals surface area contributed by atoms with Gasteiger partial charge in [-0.1, -0.05) is 37.6 Å². The van der Waals surface area contributed by atoms with Crippen LogP contribution >= 0.6 is 11.6 Å². The fourth-order valence-electron chi connectivity index (χ4n) is 1.79. The van der Waals surface area contributed by atoms with E-state index in [1.54, 1.807) is 13.0 Å². The number of hydrogen-bond donors (Lipinski definition) is 0. The number of carbonyl (C=O) groups is 1. The summed E-state index contributed by atoms with van der Waals surface area (Å²) in [5, 5.41) is 0.785. The summed E-state index contributed by atoms with van der Waals surface area (Å²) >= 11 is 6.24. The van der Waals surface area contributed by atoms with Gasteiger partial charge in [-0.05, 0) is 55.0 Å². The van der Waals surface area contributed by atoms with Crippen molar-refractivity contribution in [3.8, 4) is 0 Å².